The van der Waals surface area contributed by atoms with E-state index in [2.05, 4.69) is 20.3 Å². The summed E-state index contributed by atoms with van der Waals surface area (Å²) in [5.41, 5.74) is 0.745. The van der Waals surface area contributed by atoms with Crippen molar-refractivity contribution in [3.8, 4) is 0 Å². The zero-order valence-electron chi connectivity index (χ0n) is 13.8. The number of hydrogen-bond acceptors (Lipinski definition) is 5. The molecule has 0 spiro atoms. The van der Waals surface area contributed by atoms with Crippen molar-refractivity contribution in [2.24, 2.45) is 0 Å². The van der Waals surface area contributed by atoms with Crippen LogP contribution in [0.5, 0.6) is 0 Å². The normalized spacial score (nSPS) is 16.4. The Morgan fingerprint density at radius 3 is 2.58 bits per heavy atom. The molecule has 6 nitrogen and oxygen atoms in total. The molecule has 1 N–H and O–H groups in total. The lowest BCUT2D eigenvalue weighted by Crippen LogP contribution is -2.40. The highest BCUT2D eigenvalue weighted by molar-refractivity contribution is 6.36. The maximum Gasteiger partial charge on any atom is 0.259 e. The van der Waals surface area contributed by atoms with Gasteiger partial charge in [0.15, 0.2) is 0 Å². The van der Waals surface area contributed by atoms with E-state index in [1.807, 2.05) is 0 Å². The van der Waals surface area contributed by atoms with Gasteiger partial charge in [-0.1, -0.05) is 23.2 Å². The molecular weight excluding hydrogens is 387 g/mol. The Hall–Kier alpha value is -2.06. The smallest absolute Gasteiger partial charge is 0.259 e. The van der Waals surface area contributed by atoms with Gasteiger partial charge in [0.2, 0.25) is 5.95 Å². The van der Waals surface area contributed by atoms with Crippen LogP contribution in [0.1, 0.15) is 28.9 Å². The van der Waals surface area contributed by atoms with Gasteiger partial charge in [-0.15, -0.1) is 0 Å². The molecule has 1 amide bonds. The third-order valence-electron chi connectivity index (χ3n) is 3.93. The van der Waals surface area contributed by atoms with Crippen molar-refractivity contribution in [2.45, 2.75) is 25.7 Å². The number of carbonyl (C=O) groups is 1. The third kappa shape index (κ3) is 4.37. The number of hydrogen-bond donors (Lipinski definition) is 1. The molecular formula is C16H15Cl2F2N5O. The maximum absolute atomic E-state index is 13.3. The number of amides is 1. The number of carbonyl (C=O) groups excluding carboxylic acids is 1. The Bertz CT molecular complexity index is 839. The molecule has 0 radical (unpaired) electrons. The van der Waals surface area contributed by atoms with Crippen molar-refractivity contribution < 1.29 is 13.6 Å². The molecule has 1 fully saturated rings. The second kappa shape index (κ2) is 7.28. The summed E-state index contributed by atoms with van der Waals surface area (Å²) in [4.78, 5) is 26.4. The highest BCUT2D eigenvalue weighted by Crippen LogP contribution is 2.29. The highest BCUT2D eigenvalue weighted by Gasteiger charge is 2.34. The van der Waals surface area contributed by atoms with Crippen LogP contribution in [0.2, 0.25) is 10.2 Å². The minimum absolute atomic E-state index is 0.145. The first-order valence-electron chi connectivity index (χ1n) is 7.84. The molecule has 1 saturated heterocycles. The number of alkyl halides is 2. The third-order valence-corrected chi connectivity index (χ3v) is 4.45. The van der Waals surface area contributed by atoms with Gasteiger partial charge in [-0.3, -0.25) is 4.79 Å². The topological polar surface area (TPSA) is 71.0 Å². The molecule has 0 saturated carbocycles. The lowest BCUT2D eigenvalue weighted by molar-refractivity contribution is -0.0222. The molecule has 3 heterocycles. The van der Waals surface area contributed by atoms with Crippen molar-refractivity contribution in [3.05, 3.63) is 39.8 Å². The standard InChI is InChI=1S/C16H15Cl2F2N5O/c1-9-6-13(23-14(26)10-8-21-12(18)7-11(10)17)24-15(22-9)25-4-2-16(19,20)3-5-25/h6-8H,2-5H2,1H3,(H,22,23,24,26). The van der Waals surface area contributed by atoms with Crippen LogP contribution < -0.4 is 10.2 Å². The van der Waals surface area contributed by atoms with Crippen LogP contribution in [0.25, 0.3) is 0 Å². The highest BCUT2D eigenvalue weighted by atomic mass is 35.5. The van der Waals surface area contributed by atoms with Crippen molar-refractivity contribution >= 4 is 40.9 Å². The van der Waals surface area contributed by atoms with Crippen LogP contribution in [0.15, 0.2) is 18.3 Å². The first-order chi connectivity index (χ1) is 12.2. The van der Waals surface area contributed by atoms with Gasteiger partial charge < -0.3 is 10.2 Å². The fourth-order valence-corrected chi connectivity index (χ4v) is 3.00. The molecule has 2 aromatic rings. The molecule has 10 heteroatoms. The fraction of sp³-hybridized carbons (Fsp3) is 0.375. The predicted molar refractivity (Wildman–Crippen MR) is 95.4 cm³/mol. The van der Waals surface area contributed by atoms with Crippen molar-refractivity contribution in [1.82, 2.24) is 15.0 Å². The molecule has 0 atom stereocenters. The van der Waals surface area contributed by atoms with Gasteiger partial charge in [0.05, 0.1) is 10.6 Å². The van der Waals surface area contributed by atoms with Gasteiger partial charge in [-0.2, -0.15) is 4.98 Å². The zero-order valence-corrected chi connectivity index (χ0v) is 15.3. The van der Waals surface area contributed by atoms with Crippen molar-refractivity contribution in [1.29, 1.82) is 0 Å². The molecule has 2 aromatic heterocycles. The summed E-state index contributed by atoms with van der Waals surface area (Å²) in [6, 6.07) is 2.94. The van der Waals surface area contributed by atoms with Gasteiger partial charge in [-0.05, 0) is 13.0 Å². The molecule has 138 valence electrons. The van der Waals surface area contributed by atoms with E-state index in [9.17, 15) is 13.6 Å². The molecule has 0 aromatic carbocycles. The zero-order chi connectivity index (χ0) is 18.9. The lowest BCUT2D eigenvalue weighted by atomic mass is 10.1. The molecule has 3 rings (SSSR count). The first-order valence-corrected chi connectivity index (χ1v) is 8.60. The second-order valence-corrected chi connectivity index (χ2v) is 6.77. The monoisotopic (exact) mass is 401 g/mol. The average molecular weight is 402 g/mol. The summed E-state index contributed by atoms with van der Waals surface area (Å²) in [5, 5.41) is 2.96. The Morgan fingerprint density at radius 1 is 1.23 bits per heavy atom. The molecule has 1 aliphatic heterocycles. The van der Waals surface area contributed by atoms with Gasteiger partial charge >= 0.3 is 0 Å². The fourth-order valence-electron chi connectivity index (χ4n) is 2.55. The number of nitrogens with one attached hydrogen (secondary N) is 1. The Kier molecular flexibility index (Phi) is 5.24. The van der Waals surface area contributed by atoms with Crippen LogP contribution >= 0.6 is 23.2 Å². The quantitative estimate of drug-likeness (QED) is 0.787. The number of aromatic nitrogens is 3. The number of halogens is 4. The van der Waals surface area contributed by atoms with E-state index in [4.69, 9.17) is 23.2 Å². The number of anilines is 2. The van der Waals surface area contributed by atoms with Crippen LogP contribution in [0, 0.1) is 6.92 Å². The summed E-state index contributed by atoms with van der Waals surface area (Å²) < 4.78 is 26.7. The Morgan fingerprint density at radius 2 is 1.92 bits per heavy atom. The average Bonchev–Trinajstić information content (AvgIpc) is 2.54. The molecule has 0 aliphatic carbocycles. The number of pyridine rings is 1. The molecule has 1 aliphatic rings. The Labute approximate surface area is 158 Å². The lowest BCUT2D eigenvalue weighted by Gasteiger charge is -2.31. The van der Waals surface area contributed by atoms with Crippen molar-refractivity contribution in [2.75, 3.05) is 23.3 Å². The van der Waals surface area contributed by atoms with Crippen LogP contribution in [-0.2, 0) is 0 Å². The van der Waals surface area contributed by atoms with E-state index in [0.717, 1.165) is 0 Å². The number of nitrogens with zero attached hydrogens (tertiary/aromatic N) is 4. The van der Waals surface area contributed by atoms with Crippen molar-refractivity contribution in [3.63, 3.8) is 0 Å². The van der Waals surface area contributed by atoms with Crippen LogP contribution in [-0.4, -0.2) is 39.9 Å². The molecule has 0 bridgehead atoms. The van der Waals surface area contributed by atoms with Crippen LogP contribution in [0.4, 0.5) is 20.5 Å². The SMILES string of the molecule is Cc1cc(NC(=O)c2cnc(Cl)cc2Cl)nc(N2CCC(F)(F)CC2)n1. The van der Waals surface area contributed by atoms with Gasteiger partial charge in [0.1, 0.15) is 11.0 Å². The summed E-state index contributed by atoms with van der Waals surface area (Å²) in [6.45, 7) is 2.03. The van der Waals surface area contributed by atoms with Gasteiger partial charge in [-0.25, -0.2) is 18.7 Å². The molecule has 0 unspecified atom stereocenters. The van der Waals surface area contributed by atoms with E-state index < -0.39 is 11.8 Å². The first kappa shape index (κ1) is 18.7. The van der Waals surface area contributed by atoms with Gasteiger partial charge in [0, 0.05) is 43.9 Å². The summed E-state index contributed by atoms with van der Waals surface area (Å²) in [5.74, 6) is -2.61. The second-order valence-electron chi connectivity index (χ2n) is 5.98. The van der Waals surface area contributed by atoms with E-state index in [0.29, 0.717) is 11.6 Å². The Balaban J connectivity index is 1.78. The van der Waals surface area contributed by atoms with Crippen LogP contribution in [0.3, 0.4) is 0 Å². The molecule has 26 heavy (non-hydrogen) atoms. The largest absolute Gasteiger partial charge is 0.340 e. The summed E-state index contributed by atoms with van der Waals surface area (Å²) in [7, 11) is 0. The predicted octanol–water partition coefficient (Wildman–Crippen LogP) is 3.97. The number of rotatable bonds is 3. The minimum Gasteiger partial charge on any atom is -0.340 e. The number of aryl methyl sites for hydroxylation is 1. The van der Waals surface area contributed by atoms with E-state index in [-0.39, 0.29) is 47.5 Å². The minimum atomic E-state index is -2.66. The van der Waals surface area contributed by atoms with E-state index >= 15 is 0 Å². The van der Waals surface area contributed by atoms with E-state index in [1.165, 1.54) is 12.3 Å². The summed E-state index contributed by atoms with van der Waals surface area (Å²) >= 11 is 11.7. The summed E-state index contributed by atoms with van der Waals surface area (Å²) in [6.07, 6.45) is 0.762. The number of piperidine rings is 1. The van der Waals surface area contributed by atoms with Gasteiger partial charge in [0.25, 0.3) is 11.8 Å². The maximum atomic E-state index is 13.3. The van der Waals surface area contributed by atoms with E-state index in [1.54, 1.807) is 17.9 Å².